The number of nitriles is 1. The zero-order valence-corrected chi connectivity index (χ0v) is 10.8. The molecule has 1 aromatic rings. The summed E-state index contributed by atoms with van der Waals surface area (Å²) in [7, 11) is 0. The highest BCUT2D eigenvalue weighted by atomic mass is 79.9. The SMILES string of the molecule is CCCN(CC#N)Cc1cccc(F)c1Br. The monoisotopic (exact) mass is 284 g/mol. The molecule has 0 atom stereocenters. The number of hydrogen-bond acceptors (Lipinski definition) is 2. The fraction of sp³-hybridized carbons (Fsp3) is 0.417. The Hall–Kier alpha value is -0.920. The Morgan fingerprint density at radius 3 is 2.88 bits per heavy atom. The Labute approximate surface area is 104 Å². The highest BCUT2D eigenvalue weighted by molar-refractivity contribution is 9.10. The van der Waals surface area contributed by atoms with Gasteiger partial charge in [0.2, 0.25) is 0 Å². The molecule has 0 N–H and O–H groups in total. The minimum atomic E-state index is -0.258. The summed E-state index contributed by atoms with van der Waals surface area (Å²) in [5, 5.41) is 8.69. The standard InChI is InChI=1S/C12H14BrFN2/c1-2-7-16(8-6-15)9-10-4-3-5-11(14)12(10)13/h3-5H,2,7-9H2,1H3. The van der Waals surface area contributed by atoms with Crippen molar-refractivity contribution in [1.82, 2.24) is 4.90 Å². The van der Waals surface area contributed by atoms with Crippen LogP contribution in [-0.4, -0.2) is 18.0 Å². The van der Waals surface area contributed by atoms with Crippen LogP contribution in [-0.2, 0) is 6.54 Å². The van der Waals surface area contributed by atoms with Gasteiger partial charge in [-0.15, -0.1) is 0 Å². The first-order valence-electron chi connectivity index (χ1n) is 5.21. The van der Waals surface area contributed by atoms with Crippen LogP contribution in [0.25, 0.3) is 0 Å². The molecule has 0 aliphatic rings. The molecular formula is C12H14BrFN2. The highest BCUT2D eigenvalue weighted by Gasteiger charge is 2.09. The molecule has 0 spiro atoms. The van der Waals surface area contributed by atoms with Crippen LogP contribution in [0.3, 0.4) is 0 Å². The molecule has 16 heavy (non-hydrogen) atoms. The van der Waals surface area contributed by atoms with E-state index in [0.29, 0.717) is 17.6 Å². The van der Waals surface area contributed by atoms with Crippen molar-refractivity contribution in [1.29, 1.82) is 5.26 Å². The average Bonchev–Trinajstić information content (AvgIpc) is 2.25. The van der Waals surface area contributed by atoms with E-state index in [1.54, 1.807) is 6.07 Å². The van der Waals surface area contributed by atoms with Crippen molar-refractivity contribution in [3.63, 3.8) is 0 Å². The second-order valence-electron chi connectivity index (χ2n) is 3.58. The summed E-state index contributed by atoms with van der Waals surface area (Å²) in [4.78, 5) is 2.00. The van der Waals surface area contributed by atoms with E-state index < -0.39 is 0 Å². The molecule has 0 bridgehead atoms. The van der Waals surface area contributed by atoms with E-state index in [0.717, 1.165) is 18.5 Å². The van der Waals surface area contributed by atoms with Crippen molar-refractivity contribution in [2.75, 3.05) is 13.1 Å². The summed E-state index contributed by atoms with van der Waals surface area (Å²) in [5.74, 6) is -0.258. The second kappa shape index (κ2) is 6.62. The molecule has 0 unspecified atom stereocenters. The first kappa shape index (κ1) is 13.1. The lowest BCUT2D eigenvalue weighted by atomic mass is 10.2. The zero-order valence-electron chi connectivity index (χ0n) is 9.21. The molecule has 0 saturated heterocycles. The van der Waals surface area contributed by atoms with Crippen LogP contribution in [0.5, 0.6) is 0 Å². The molecule has 0 saturated carbocycles. The summed E-state index contributed by atoms with van der Waals surface area (Å²) >= 11 is 3.23. The molecule has 1 aromatic carbocycles. The van der Waals surface area contributed by atoms with Crippen molar-refractivity contribution in [3.05, 3.63) is 34.1 Å². The first-order valence-corrected chi connectivity index (χ1v) is 6.00. The predicted octanol–water partition coefficient (Wildman–Crippen LogP) is 3.32. The van der Waals surface area contributed by atoms with Gasteiger partial charge in [0.05, 0.1) is 17.1 Å². The van der Waals surface area contributed by atoms with E-state index in [4.69, 9.17) is 5.26 Å². The number of rotatable bonds is 5. The molecule has 0 radical (unpaired) electrons. The molecular weight excluding hydrogens is 271 g/mol. The third-order valence-electron chi connectivity index (χ3n) is 2.26. The molecule has 2 nitrogen and oxygen atoms in total. The van der Waals surface area contributed by atoms with Crippen molar-refractivity contribution < 1.29 is 4.39 Å². The minimum absolute atomic E-state index is 0.258. The van der Waals surface area contributed by atoms with Gasteiger partial charge in [-0.1, -0.05) is 19.1 Å². The summed E-state index contributed by atoms with van der Waals surface area (Å²) in [5.41, 5.74) is 0.878. The van der Waals surface area contributed by atoms with Crippen molar-refractivity contribution in [3.8, 4) is 6.07 Å². The Morgan fingerprint density at radius 2 is 2.25 bits per heavy atom. The fourth-order valence-electron chi connectivity index (χ4n) is 1.54. The van der Waals surface area contributed by atoms with E-state index >= 15 is 0 Å². The number of benzene rings is 1. The molecule has 1 rings (SSSR count). The molecule has 0 aliphatic carbocycles. The van der Waals surface area contributed by atoms with Gasteiger partial charge in [-0.3, -0.25) is 4.90 Å². The molecule has 0 heterocycles. The van der Waals surface area contributed by atoms with Gasteiger partial charge in [0.1, 0.15) is 5.82 Å². The van der Waals surface area contributed by atoms with Crippen molar-refractivity contribution >= 4 is 15.9 Å². The van der Waals surface area contributed by atoms with Gasteiger partial charge < -0.3 is 0 Å². The highest BCUT2D eigenvalue weighted by Crippen LogP contribution is 2.21. The summed E-state index contributed by atoms with van der Waals surface area (Å²) < 4.78 is 13.8. The predicted molar refractivity (Wildman–Crippen MR) is 65.3 cm³/mol. The van der Waals surface area contributed by atoms with Gasteiger partial charge in [0.15, 0.2) is 0 Å². The van der Waals surface area contributed by atoms with Gasteiger partial charge in [-0.25, -0.2) is 4.39 Å². The fourth-order valence-corrected chi connectivity index (χ4v) is 1.93. The average molecular weight is 285 g/mol. The second-order valence-corrected chi connectivity index (χ2v) is 4.37. The van der Waals surface area contributed by atoms with Crippen LogP contribution in [0.2, 0.25) is 0 Å². The Kier molecular flexibility index (Phi) is 5.44. The molecule has 0 amide bonds. The molecule has 0 fully saturated rings. The number of nitrogens with zero attached hydrogens (tertiary/aromatic N) is 2. The van der Waals surface area contributed by atoms with Crippen LogP contribution < -0.4 is 0 Å². The van der Waals surface area contributed by atoms with Crippen LogP contribution in [0, 0.1) is 17.1 Å². The maximum atomic E-state index is 13.3. The minimum Gasteiger partial charge on any atom is -0.286 e. The number of hydrogen-bond donors (Lipinski definition) is 0. The van der Waals surface area contributed by atoms with E-state index in [9.17, 15) is 4.39 Å². The lowest BCUT2D eigenvalue weighted by molar-refractivity contribution is 0.297. The van der Waals surface area contributed by atoms with E-state index in [-0.39, 0.29) is 5.82 Å². The van der Waals surface area contributed by atoms with Gasteiger partial charge in [-0.2, -0.15) is 5.26 Å². The number of halogens is 2. The quantitative estimate of drug-likeness (QED) is 0.776. The summed E-state index contributed by atoms with van der Waals surface area (Å²) in [6, 6.07) is 7.10. The zero-order chi connectivity index (χ0) is 12.0. The van der Waals surface area contributed by atoms with Gasteiger partial charge in [-0.05, 0) is 40.5 Å². The van der Waals surface area contributed by atoms with Crippen LogP contribution in [0.4, 0.5) is 4.39 Å². The third kappa shape index (κ3) is 3.58. The van der Waals surface area contributed by atoms with E-state index in [2.05, 4.69) is 28.9 Å². The molecule has 4 heteroatoms. The molecule has 0 aliphatic heterocycles. The van der Waals surface area contributed by atoms with Gasteiger partial charge in [0.25, 0.3) is 0 Å². The summed E-state index contributed by atoms with van der Waals surface area (Å²) in [6.07, 6.45) is 0.981. The van der Waals surface area contributed by atoms with Crippen LogP contribution in [0.1, 0.15) is 18.9 Å². The molecule has 86 valence electrons. The van der Waals surface area contributed by atoms with Crippen molar-refractivity contribution in [2.24, 2.45) is 0 Å². The third-order valence-corrected chi connectivity index (χ3v) is 3.15. The normalized spacial score (nSPS) is 10.4. The Bertz CT molecular complexity index is 387. The maximum Gasteiger partial charge on any atom is 0.137 e. The lowest BCUT2D eigenvalue weighted by Crippen LogP contribution is -2.24. The molecule has 0 aromatic heterocycles. The largest absolute Gasteiger partial charge is 0.286 e. The summed E-state index contributed by atoms with van der Waals surface area (Å²) in [6.45, 7) is 3.87. The van der Waals surface area contributed by atoms with Crippen LogP contribution in [0.15, 0.2) is 22.7 Å². The smallest absolute Gasteiger partial charge is 0.137 e. The van der Waals surface area contributed by atoms with Gasteiger partial charge >= 0.3 is 0 Å². The first-order chi connectivity index (χ1) is 7.69. The lowest BCUT2D eigenvalue weighted by Gasteiger charge is -2.18. The Morgan fingerprint density at radius 1 is 1.50 bits per heavy atom. The topological polar surface area (TPSA) is 27.0 Å². The van der Waals surface area contributed by atoms with Crippen LogP contribution >= 0.6 is 15.9 Å². The maximum absolute atomic E-state index is 13.3. The van der Waals surface area contributed by atoms with Crippen molar-refractivity contribution in [2.45, 2.75) is 19.9 Å². The Balaban J connectivity index is 2.77. The van der Waals surface area contributed by atoms with E-state index in [1.165, 1.54) is 6.07 Å². The van der Waals surface area contributed by atoms with E-state index in [1.807, 2.05) is 11.0 Å². The van der Waals surface area contributed by atoms with Gasteiger partial charge in [0, 0.05) is 6.54 Å².